The Morgan fingerprint density at radius 1 is 1.35 bits per heavy atom. The molecule has 2 aromatic heterocycles. The Morgan fingerprint density at radius 2 is 2.15 bits per heavy atom. The predicted octanol–water partition coefficient (Wildman–Crippen LogP) is 1.32. The van der Waals surface area contributed by atoms with Crippen LogP contribution in [0.15, 0.2) is 43.0 Å². The van der Waals surface area contributed by atoms with E-state index in [1.165, 1.54) is 6.33 Å². The maximum Gasteiger partial charge on any atom is 0.272 e. The van der Waals surface area contributed by atoms with Crippen molar-refractivity contribution in [2.75, 3.05) is 12.3 Å². The first-order valence-corrected chi connectivity index (χ1v) is 8.09. The highest BCUT2D eigenvalue weighted by molar-refractivity contribution is 5.92. The zero-order valence-corrected chi connectivity index (χ0v) is 14.5. The quantitative estimate of drug-likeness (QED) is 0.637. The van der Waals surface area contributed by atoms with Crippen LogP contribution in [0.3, 0.4) is 0 Å². The van der Waals surface area contributed by atoms with E-state index >= 15 is 0 Å². The van der Waals surface area contributed by atoms with Crippen molar-refractivity contribution in [3.8, 4) is 5.82 Å². The Bertz CT molecular complexity index is 937. The Labute approximate surface area is 150 Å². The van der Waals surface area contributed by atoms with Crippen molar-refractivity contribution >= 4 is 11.9 Å². The number of hydrogen-bond donors (Lipinski definition) is 3. The third-order valence-electron chi connectivity index (χ3n) is 3.96. The van der Waals surface area contributed by atoms with E-state index in [1.54, 1.807) is 17.0 Å². The number of nitrogen functional groups attached to an aromatic ring is 1. The Hall–Kier alpha value is -3.26. The topological polar surface area (TPSA) is 119 Å². The maximum absolute atomic E-state index is 12.5. The number of aliphatic hydroxyl groups excluding tert-OH is 1. The van der Waals surface area contributed by atoms with Crippen molar-refractivity contribution in [3.63, 3.8) is 0 Å². The van der Waals surface area contributed by atoms with Gasteiger partial charge in [-0.3, -0.25) is 9.36 Å². The van der Waals surface area contributed by atoms with E-state index in [0.717, 1.165) is 16.7 Å². The van der Waals surface area contributed by atoms with E-state index in [1.807, 2.05) is 38.1 Å². The zero-order valence-electron chi connectivity index (χ0n) is 14.5. The maximum atomic E-state index is 12.5. The lowest BCUT2D eigenvalue weighted by Gasteiger charge is -2.16. The molecule has 8 heteroatoms. The molecule has 0 fully saturated rings. The minimum atomic E-state index is -0.510. The first-order valence-electron chi connectivity index (χ1n) is 8.09. The van der Waals surface area contributed by atoms with Crippen molar-refractivity contribution in [1.82, 2.24) is 24.8 Å². The third kappa shape index (κ3) is 3.70. The summed E-state index contributed by atoms with van der Waals surface area (Å²) in [7, 11) is 0. The van der Waals surface area contributed by atoms with Crippen molar-refractivity contribution < 1.29 is 9.90 Å². The Morgan fingerprint density at radius 3 is 2.88 bits per heavy atom. The second-order valence-corrected chi connectivity index (χ2v) is 6.02. The molecule has 1 amide bonds. The number of anilines is 1. The fourth-order valence-electron chi connectivity index (χ4n) is 2.62. The van der Waals surface area contributed by atoms with Crippen LogP contribution in [0.4, 0.5) is 5.95 Å². The van der Waals surface area contributed by atoms with Crippen LogP contribution in [0.25, 0.3) is 5.82 Å². The summed E-state index contributed by atoms with van der Waals surface area (Å²) in [5.74, 6) is 0.315. The lowest BCUT2D eigenvalue weighted by molar-refractivity contribution is 0.0911. The lowest BCUT2D eigenvalue weighted by atomic mass is 10.0. The van der Waals surface area contributed by atoms with Gasteiger partial charge in [0.05, 0.1) is 12.6 Å². The number of amides is 1. The molecule has 0 bridgehead atoms. The molecule has 1 aromatic carbocycles. The minimum Gasteiger partial charge on any atom is -0.394 e. The van der Waals surface area contributed by atoms with Crippen LogP contribution in [0, 0.1) is 13.8 Å². The van der Waals surface area contributed by atoms with Crippen LogP contribution in [0.5, 0.6) is 0 Å². The molecule has 0 aliphatic rings. The lowest BCUT2D eigenvalue weighted by Crippen LogP contribution is -2.31. The number of benzene rings is 1. The standard InChI is InChI=1S/C18H20N6O2/c1-11-4-3-5-13(6-11)15(9-25)22-17(26)14-8-24(10-21-14)16-12(2)7-20-18(19)23-16/h3-8,10,15,25H,9H2,1-2H3,(H,22,26)(H2,19,20,23)/t15-/m1/s1. The normalized spacial score (nSPS) is 12.0. The predicted molar refractivity (Wildman–Crippen MR) is 96.8 cm³/mol. The van der Waals surface area contributed by atoms with E-state index < -0.39 is 6.04 Å². The van der Waals surface area contributed by atoms with E-state index in [0.29, 0.717) is 5.82 Å². The van der Waals surface area contributed by atoms with Crippen LogP contribution in [-0.2, 0) is 0 Å². The van der Waals surface area contributed by atoms with Gasteiger partial charge >= 0.3 is 0 Å². The number of carbonyl (C=O) groups is 1. The molecule has 2 heterocycles. The molecule has 4 N–H and O–H groups in total. The number of aromatic nitrogens is 4. The number of nitrogens with one attached hydrogen (secondary N) is 1. The third-order valence-corrected chi connectivity index (χ3v) is 3.96. The summed E-state index contributed by atoms with van der Waals surface area (Å²) in [5, 5.41) is 12.4. The highest BCUT2D eigenvalue weighted by atomic mass is 16.3. The van der Waals surface area contributed by atoms with Crippen molar-refractivity contribution in [1.29, 1.82) is 0 Å². The van der Waals surface area contributed by atoms with Crippen LogP contribution < -0.4 is 11.1 Å². The molecule has 3 rings (SSSR count). The summed E-state index contributed by atoms with van der Waals surface area (Å²) < 4.78 is 1.61. The summed E-state index contributed by atoms with van der Waals surface area (Å²) in [6.07, 6.45) is 4.66. The monoisotopic (exact) mass is 352 g/mol. The molecule has 0 aliphatic heterocycles. The van der Waals surface area contributed by atoms with Gasteiger partial charge < -0.3 is 16.2 Å². The van der Waals surface area contributed by atoms with Gasteiger partial charge in [0.15, 0.2) is 0 Å². The van der Waals surface area contributed by atoms with Crippen LogP contribution in [0.2, 0.25) is 0 Å². The molecule has 0 saturated carbocycles. The molecule has 1 atom stereocenters. The fourth-order valence-corrected chi connectivity index (χ4v) is 2.62. The summed E-state index contributed by atoms with van der Waals surface area (Å²) in [6, 6.07) is 7.12. The van der Waals surface area contributed by atoms with Crippen molar-refractivity contribution in [3.05, 3.63) is 65.4 Å². The van der Waals surface area contributed by atoms with E-state index in [4.69, 9.17) is 5.73 Å². The number of rotatable bonds is 5. The molecule has 3 aromatic rings. The van der Waals surface area contributed by atoms with E-state index in [2.05, 4.69) is 20.3 Å². The minimum absolute atomic E-state index is 0.144. The van der Waals surface area contributed by atoms with Gasteiger partial charge in [-0.05, 0) is 19.4 Å². The van der Waals surface area contributed by atoms with E-state index in [-0.39, 0.29) is 24.2 Å². The highest BCUT2D eigenvalue weighted by Gasteiger charge is 2.18. The number of carbonyl (C=O) groups excluding carboxylic acids is 1. The number of nitrogens with zero attached hydrogens (tertiary/aromatic N) is 4. The van der Waals surface area contributed by atoms with E-state index in [9.17, 15) is 9.90 Å². The molecule has 134 valence electrons. The van der Waals surface area contributed by atoms with Crippen LogP contribution in [-0.4, -0.2) is 37.1 Å². The van der Waals surface area contributed by atoms with Crippen LogP contribution in [0.1, 0.15) is 33.2 Å². The fraction of sp³-hybridized carbons (Fsp3) is 0.222. The van der Waals surface area contributed by atoms with Gasteiger partial charge in [0, 0.05) is 18.0 Å². The first-order chi connectivity index (χ1) is 12.5. The Kier molecular flexibility index (Phi) is 4.94. The molecule has 8 nitrogen and oxygen atoms in total. The van der Waals surface area contributed by atoms with Crippen LogP contribution >= 0.6 is 0 Å². The van der Waals surface area contributed by atoms with Crippen molar-refractivity contribution in [2.45, 2.75) is 19.9 Å². The number of hydrogen-bond acceptors (Lipinski definition) is 6. The summed E-state index contributed by atoms with van der Waals surface area (Å²) in [4.78, 5) is 24.7. The van der Waals surface area contributed by atoms with Crippen molar-refractivity contribution in [2.24, 2.45) is 0 Å². The smallest absolute Gasteiger partial charge is 0.272 e. The SMILES string of the molecule is Cc1cccc([C@@H](CO)NC(=O)c2cn(-c3nc(N)ncc3C)cn2)c1. The van der Waals surface area contributed by atoms with Gasteiger partial charge in [0.25, 0.3) is 5.91 Å². The second kappa shape index (κ2) is 7.32. The van der Waals surface area contributed by atoms with Gasteiger partial charge in [0.1, 0.15) is 17.8 Å². The Balaban J connectivity index is 1.80. The molecule has 26 heavy (non-hydrogen) atoms. The highest BCUT2D eigenvalue weighted by Crippen LogP contribution is 2.16. The van der Waals surface area contributed by atoms with Gasteiger partial charge in [-0.2, -0.15) is 4.98 Å². The number of aliphatic hydroxyl groups is 1. The largest absolute Gasteiger partial charge is 0.394 e. The summed E-state index contributed by atoms with van der Waals surface area (Å²) >= 11 is 0. The molecule has 0 spiro atoms. The second-order valence-electron chi connectivity index (χ2n) is 6.02. The molecular weight excluding hydrogens is 332 g/mol. The molecule has 0 unspecified atom stereocenters. The number of imidazole rings is 1. The molecular formula is C18H20N6O2. The zero-order chi connectivity index (χ0) is 18.7. The van der Waals surface area contributed by atoms with Gasteiger partial charge in [-0.15, -0.1) is 0 Å². The summed E-state index contributed by atoms with van der Waals surface area (Å²) in [5.41, 5.74) is 8.53. The van der Waals surface area contributed by atoms with Gasteiger partial charge in [-0.1, -0.05) is 29.8 Å². The average molecular weight is 352 g/mol. The average Bonchev–Trinajstić information content (AvgIpc) is 3.11. The number of aryl methyl sites for hydroxylation is 2. The molecule has 0 aliphatic carbocycles. The first kappa shape index (κ1) is 17.6. The van der Waals surface area contributed by atoms with Gasteiger partial charge in [0.2, 0.25) is 5.95 Å². The molecule has 0 radical (unpaired) electrons. The molecule has 0 saturated heterocycles. The summed E-state index contributed by atoms with van der Waals surface area (Å²) in [6.45, 7) is 3.59. The number of nitrogens with two attached hydrogens (primary N) is 1. The van der Waals surface area contributed by atoms with Gasteiger partial charge in [-0.25, -0.2) is 9.97 Å².